The van der Waals surface area contributed by atoms with Gasteiger partial charge in [-0.05, 0) is 25.7 Å². The summed E-state index contributed by atoms with van der Waals surface area (Å²) in [4.78, 5) is 23.1. The quantitative estimate of drug-likeness (QED) is 0.749. The van der Waals surface area contributed by atoms with Crippen molar-refractivity contribution in [2.45, 2.75) is 51.0 Å². The van der Waals surface area contributed by atoms with Crippen LogP contribution < -0.4 is 11.1 Å². The van der Waals surface area contributed by atoms with E-state index in [0.717, 1.165) is 44.9 Å². The van der Waals surface area contributed by atoms with Crippen molar-refractivity contribution in [3.05, 3.63) is 0 Å². The average Bonchev–Trinajstić information content (AvgIpc) is 2.86. The molecule has 90 valence electrons. The van der Waals surface area contributed by atoms with Gasteiger partial charge in [-0.25, -0.2) is 0 Å². The van der Waals surface area contributed by atoms with Crippen LogP contribution in [0.3, 0.4) is 0 Å². The Bertz CT molecular complexity index is 285. The lowest BCUT2D eigenvalue weighted by Crippen LogP contribution is -2.44. The molecular weight excluding hydrogens is 204 g/mol. The number of nitrogens with two attached hydrogens (primary N) is 1. The molecule has 0 bridgehead atoms. The number of primary amides is 1. The second-order valence-corrected chi connectivity index (χ2v) is 5.04. The third-order valence-corrected chi connectivity index (χ3v) is 3.94. The van der Waals surface area contributed by atoms with Gasteiger partial charge in [-0.15, -0.1) is 0 Å². The van der Waals surface area contributed by atoms with Crippen molar-refractivity contribution in [2.24, 2.45) is 17.6 Å². The van der Waals surface area contributed by atoms with Crippen LogP contribution in [0.1, 0.15) is 44.9 Å². The van der Waals surface area contributed by atoms with Gasteiger partial charge in [-0.3, -0.25) is 9.59 Å². The van der Waals surface area contributed by atoms with Gasteiger partial charge in [-0.1, -0.05) is 19.3 Å². The van der Waals surface area contributed by atoms with E-state index in [1.807, 2.05) is 0 Å². The highest BCUT2D eigenvalue weighted by molar-refractivity contribution is 5.82. The summed E-state index contributed by atoms with van der Waals surface area (Å²) in [6.45, 7) is 0. The molecule has 0 heterocycles. The Morgan fingerprint density at radius 3 is 2.31 bits per heavy atom. The van der Waals surface area contributed by atoms with Gasteiger partial charge in [0.1, 0.15) is 0 Å². The standard InChI is InChI=1S/C12H20N2O2/c13-11(15)9-6-3-7-10(9)14-12(16)8-4-1-2-5-8/h8-10H,1-7H2,(H2,13,15)(H,14,16)/t9-,10?/m1/s1. The van der Waals surface area contributed by atoms with Gasteiger partial charge in [0.15, 0.2) is 0 Å². The van der Waals surface area contributed by atoms with Crippen LogP contribution >= 0.6 is 0 Å². The van der Waals surface area contributed by atoms with Crippen molar-refractivity contribution in [3.8, 4) is 0 Å². The van der Waals surface area contributed by atoms with E-state index < -0.39 is 0 Å². The molecule has 3 N–H and O–H groups in total. The van der Waals surface area contributed by atoms with Crippen LogP contribution in [0, 0.1) is 11.8 Å². The zero-order valence-corrected chi connectivity index (χ0v) is 9.58. The molecule has 2 aliphatic rings. The predicted octanol–water partition coefficient (Wildman–Crippen LogP) is 0.947. The minimum Gasteiger partial charge on any atom is -0.369 e. The lowest BCUT2D eigenvalue weighted by molar-refractivity contribution is -0.127. The highest BCUT2D eigenvalue weighted by atomic mass is 16.2. The largest absolute Gasteiger partial charge is 0.369 e. The average molecular weight is 224 g/mol. The van der Waals surface area contributed by atoms with Gasteiger partial charge in [0.25, 0.3) is 0 Å². The Balaban J connectivity index is 1.88. The molecule has 0 radical (unpaired) electrons. The molecule has 0 aromatic heterocycles. The third kappa shape index (κ3) is 2.36. The minimum absolute atomic E-state index is 0.00870. The van der Waals surface area contributed by atoms with Gasteiger partial charge in [0.05, 0.1) is 5.92 Å². The molecule has 2 atom stereocenters. The van der Waals surface area contributed by atoms with Gasteiger partial charge in [0.2, 0.25) is 11.8 Å². The molecule has 2 rings (SSSR count). The predicted molar refractivity (Wildman–Crippen MR) is 60.4 cm³/mol. The van der Waals surface area contributed by atoms with E-state index in [-0.39, 0.29) is 29.7 Å². The monoisotopic (exact) mass is 224 g/mol. The molecule has 2 aliphatic carbocycles. The fraction of sp³-hybridized carbons (Fsp3) is 0.833. The third-order valence-electron chi connectivity index (χ3n) is 3.94. The van der Waals surface area contributed by atoms with E-state index in [1.165, 1.54) is 0 Å². The van der Waals surface area contributed by atoms with Crippen LogP contribution in [-0.4, -0.2) is 17.9 Å². The Morgan fingerprint density at radius 1 is 1.00 bits per heavy atom. The summed E-state index contributed by atoms with van der Waals surface area (Å²) in [7, 11) is 0. The SMILES string of the molecule is NC(=O)[C@@H]1CCCC1NC(=O)C1CCCC1. The fourth-order valence-electron chi connectivity index (χ4n) is 2.96. The number of nitrogens with one attached hydrogen (secondary N) is 1. The number of hydrogen-bond donors (Lipinski definition) is 2. The molecule has 0 aromatic carbocycles. The molecule has 0 aliphatic heterocycles. The molecule has 1 unspecified atom stereocenters. The lowest BCUT2D eigenvalue weighted by atomic mass is 10.0. The summed E-state index contributed by atoms with van der Waals surface area (Å²) in [5.74, 6) is -0.107. The van der Waals surface area contributed by atoms with Crippen molar-refractivity contribution >= 4 is 11.8 Å². The van der Waals surface area contributed by atoms with Crippen LogP contribution in [0.4, 0.5) is 0 Å². The lowest BCUT2D eigenvalue weighted by Gasteiger charge is -2.20. The Hall–Kier alpha value is -1.06. The summed E-state index contributed by atoms with van der Waals surface area (Å²) < 4.78 is 0. The van der Waals surface area contributed by atoms with Crippen LogP contribution in [0.5, 0.6) is 0 Å². The molecule has 2 fully saturated rings. The van der Waals surface area contributed by atoms with Crippen molar-refractivity contribution in [1.82, 2.24) is 5.32 Å². The number of carbonyl (C=O) groups excluding carboxylic acids is 2. The maximum Gasteiger partial charge on any atom is 0.223 e. The van der Waals surface area contributed by atoms with Crippen LogP contribution in [-0.2, 0) is 9.59 Å². The van der Waals surface area contributed by atoms with Crippen molar-refractivity contribution in [3.63, 3.8) is 0 Å². The van der Waals surface area contributed by atoms with Gasteiger partial charge < -0.3 is 11.1 Å². The fourth-order valence-corrected chi connectivity index (χ4v) is 2.96. The Labute approximate surface area is 96.0 Å². The van der Waals surface area contributed by atoms with Crippen molar-refractivity contribution in [1.29, 1.82) is 0 Å². The van der Waals surface area contributed by atoms with E-state index >= 15 is 0 Å². The maximum atomic E-state index is 11.9. The normalized spacial score (nSPS) is 30.5. The van der Waals surface area contributed by atoms with Crippen molar-refractivity contribution in [2.75, 3.05) is 0 Å². The Morgan fingerprint density at radius 2 is 1.69 bits per heavy atom. The summed E-state index contributed by atoms with van der Waals surface area (Å²) in [6.07, 6.45) is 7.02. The van der Waals surface area contributed by atoms with E-state index in [2.05, 4.69) is 5.32 Å². The summed E-state index contributed by atoms with van der Waals surface area (Å²) in [5, 5.41) is 3.01. The first-order chi connectivity index (χ1) is 7.68. The highest BCUT2D eigenvalue weighted by Crippen LogP contribution is 2.28. The molecule has 4 nitrogen and oxygen atoms in total. The molecular formula is C12H20N2O2. The van der Waals surface area contributed by atoms with Crippen LogP contribution in [0.15, 0.2) is 0 Å². The molecule has 2 amide bonds. The minimum atomic E-state index is -0.269. The molecule has 0 saturated heterocycles. The molecule has 2 saturated carbocycles. The Kier molecular flexibility index (Phi) is 3.46. The first-order valence-corrected chi connectivity index (χ1v) is 6.28. The van der Waals surface area contributed by atoms with E-state index in [0.29, 0.717) is 0 Å². The number of rotatable bonds is 3. The highest BCUT2D eigenvalue weighted by Gasteiger charge is 2.34. The van der Waals surface area contributed by atoms with Crippen molar-refractivity contribution < 1.29 is 9.59 Å². The van der Waals surface area contributed by atoms with Gasteiger partial charge >= 0.3 is 0 Å². The second-order valence-electron chi connectivity index (χ2n) is 5.04. The zero-order valence-electron chi connectivity index (χ0n) is 9.58. The van der Waals surface area contributed by atoms with Crippen LogP contribution in [0.2, 0.25) is 0 Å². The first-order valence-electron chi connectivity index (χ1n) is 6.28. The number of carbonyl (C=O) groups is 2. The van der Waals surface area contributed by atoms with E-state index in [9.17, 15) is 9.59 Å². The van der Waals surface area contributed by atoms with E-state index in [4.69, 9.17) is 5.73 Å². The maximum absolute atomic E-state index is 11.9. The van der Waals surface area contributed by atoms with E-state index in [1.54, 1.807) is 0 Å². The second kappa shape index (κ2) is 4.85. The smallest absolute Gasteiger partial charge is 0.223 e. The summed E-state index contributed by atoms with van der Waals surface area (Å²) in [5.41, 5.74) is 5.33. The molecule has 0 aromatic rings. The topological polar surface area (TPSA) is 72.2 Å². The first kappa shape index (κ1) is 11.4. The van der Waals surface area contributed by atoms with Gasteiger partial charge in [0, 0.05) is 12.0 Å². The summed E-state index contributed by atoms with van der Waals surface area (Å²) >= 11 is 0. The summed E-state index contributed by atoms with van der Waals surface area (Å²) in [6, 6.07) is -0.00870. The number of hydrogen-bond acceptors (Lipinski definition) is 2. The van der Waals surface area contributed by atoms with Gasteiger partial charge in [-0.2, -0.15) is 0 Å². The molecule has 16 heavy (non-hydrogen) atoms. The van der Waals surface area contributed by atoms with Crippen LogP contribution in [0.25, 0.3) is 0 Å². The molecule has 0 spiro atoms. The zero-order chi connectivity index (χ0) is 11.5. The molecule has 4 heteroatoms. The number of amides is 2.